The maximum Gasteiger partial charge on any atom is 0.387 e. The van der Waals surface area contributed by atoms with Gasteiger partial charge in [0.15, 0.2) is 0 Å². The van der Waals surface area contributed by atoms with Gasteiger partial charge < -0.3 is 19.5 Å². The van der Waals surface area contributed by atoms with Gasteiger partial charge in [0.05, 0.1) is 14.2 Å². The van der Waals surface area contributed by atoms with E-state index in [0.29, 0.717) is 5.75 Å². The number of alkyl halides is 2. The van der Waals surface area contributed by atoms with Crippen LogP contribution in [0.15, 0.2) is 48.5 Å². The van der Waals surface area contributed by atoms with Crippen molar-refractivity contribution in [1.29, 1.82) is 0 Å². The Labute approximate surface area is 226 Å². The number of anilines is 1. The molecular formula is C28H25F4N3O5. The van der Waals surface area contributed by atoms with Crippen molar-refractivity contribution in [3.05, 3.63) is 77.0 Å². The van der Waals surface area contributed by atoms with Crippen LogP contribution in [-0.4, -0.2) is 50.2 Å². The van der Waals surface area contributed by atoms with Crippen molar-refractivity contribution < 1.29 is 41.4 Å². The van der Waals surface area contributed by atoms with E-state index in [2.05, 4.69) is 15.0 Å². The van der Waals surface area contributed by atoms with Gasteiger partial charge in [-0.15, -0.1) is 0 Å². The number of carbonyl (C=O) groups excluding carboxylic acids is 2. The number of hydrogen-bond donors (Lipinski definition) is 1. The van der Waals surface area contributed by atoms with E-state index in [1.165, 1.54) is 43.4 Å². The zero-order chi connectivity index (χ0) is 28.6. The zero-order valence-corrected chi connectivity index (χ0v) is 21.5. The van der Waals surface area contributed by atoms with Crippen molar-refractivity contribution in [3.8, 4) is 17.2 Å². The third-order valence-corrected chi connectivity index (χ3v) is 6.91. The summed E-state index contributed by atoms with van der Waals surface area (Å²) in [7, 11) is 2.74. The molecule has 1 saturated carbocycles. The Bertz CT molecular complexity index is 1410. The summed E-state index contributed by atoms with van der Waals surface area (Å²) in [5.74, 6) is -3.68. The topological polar surface area (TPSA) is 90.0 Å². The molecule has 5 rings (SSSR count). The van der Waals surface area contributed by atoms with Crippen LogP contribution in [0.4, 0.5) is 23.4 Å². The van der Waals surface area contributed by atoms with Crippen molar-refractivity contribution in [1.82, 2.24) is 10.3 Å². The molecule has 2 heterocycles. The lowest BCUT2D eigenvalue weighted by Gasteiger charge is -2.20. The van der Waals surface area contributed by atoms with Crippen LogP contribution in [0, 0.1) is 11.6 Å². The quantitative estimate of drug-likeness (QED) is 0.380. The molecule has 0 bridgehead atoms. The number of benzene rings is 2. The molecule has 210 valence electrons. The van der Waals surface area contributed by atoms with Crippen molar-refractivity contribution in [3.63, 3.8) is 0 Å². The molecule has 2 fully saturated rings. The molecule has 0 spiro atoms. The lowest BCUT2D eigenvalue weighted by molar-refractivity contribution is -0.118. The number of carbonyl (C=O) groups is 2. The van der Waals surface area contributed by atoms with Crippen LogP contribution < -0.4 is 24.4 Å². The summed E-state index contributed by atoms with van der Waals surface area (Å²) in [6.45, 7) is -3.22. The Morgan fingerprint density at radius 1 is 0.975 bits per heavy atom. The number of hydrogen-bond acceptors (Lipinski definition) is 6. The van der Waals surface area contributed by atoms with E-state index < -0.39 is 47.6 Å². The standard InChI is InChI=1S/C28H25F4N3O5/c1-38-17-9-20(29)24(21(30)10-17)19-13-35(23-12-18(39-2)11-22(33-23)14-3-4-14)27(37)25(19)34-26(36)15-5-7-16(8-6-15)40-28(31)32/h5-12,14,19,25,28H,3-4,13H2,1-2H3,(H,34,36)/t19-,25?/m0/s1. The molecule has 2 amide bonds. The van der Waals surface area contributed by atoms with E-state index in [1.807, 2.05) is 0 Å². The second-order valence-corrected chi connectivity index (χ2v) is 9.48. The van der Waals surface area contributed by atoms with Gasteiger partial charge >= 0.3 is 6.61 Å². The number of ether oxygens (including phenoxy) is 3. The van der Waals surface area contributed by atoms with Gasteiger partial charge in [-0.05, 0) is 37.1 Å². The summed E-state index contributed by atoms with van der Waals surface area (Å²) < 4.78 is 70.0. The van der Waals surface area contributed by atoms with Gasteiger partial charge in [0.2, 0.25) is 0 Å². The molecule has 1 N–H and O–H groups in total. The molecule has 3 aromatic rings. The van der Waals surface area contributed by atoms with E-state index in [0.717, 1.165) is 30.7 Å². The molecule has 2 aliphatic rings. The fourth-order valence-corrected chi connectivity index (χ4v) is 4.76. The first kappa shape index (κ1) is 27.2. The zero-order valence-electron chi connectivity index (χ0n) is 21.5. The van der Waals surface area contributed by atoms with Gasteiger partial charge in [0.25, 0.3) is 11.8 Å². The molecular weight excluding hydrogens is 534 g/mol. The van der Waals surface area contributed by atoms with E-state index in [4.69, 9.17) is 9.47 Å². The molecule has 2 atom stereocenters. The van der Waals surface area contributed by atoms with Crippen molar-refractivity contribution >= 4 is 17.6 Å². The summed E-state index contributed by atoms with van der Waals surface area (Å²) in [5.41, 5.74) is 0.366. The van der Waals surface area contributed by atoms with E-state index in [1.54, 1.807) is 12.1 Å². The Balaban J connectivity index is 1.50. The SMILES string of the molecule is COc1cc(C2CC2)nc(N2C[C@@H](c3c(F)cc(OC)cc3F)C(NC(=O)c3ccc(OC(F)F)cc3)C2=O)c1. The van der Waals surface area contributed by atoms with E-state index in [-0.39, 0.29) is 35.3 Å². The highest BCUT2D eigenvalue weighted by Gasteiger charge is 2.46. The molecule has 1 saturated heterocycles. The number of rotatable bonds is 9. The molecule has 1 aliphatic carbocycles. The van der Waals surface area contributed by atoms with Gasteiger partial charge in [-0.3, -0.25) is 14.5 Å². The second kappa shape index (κ2) is 11.0. The summed E-state index contributed by atoms with van der Waals surface area (Å²) in [5, 5.41) is 2.57. The van der Waals surface area contributed by atoms with Crippen molar-refractivity contribution in [2.24, 2.45) is 0 Å². The average molecular weight is 560 g/mol. The predicted octanol–water partition coefficient (Wildman–Crippen LogP) is 4.78. The van der Waals surface area contributed by atoms with Gasteiger partial charge in [-0.25, -0.2) is 13.8 Å². The molecule has 1 unspecified atom stereocenters. The number of nitrogens with one attached hydrogen (secondary N) is 1. The molecule has 0 radical (unpaired) electrons. The lowest BCUT2D eigenvalue weighted by Crippen LogP contribution is -2.44. The van der Waals surface area contributed by atoms with Crippen LogP contribution in [0.5, 0.6) is 17.2 Å². The Hall–Kier alpha value is -4.35. The minimum atomic E-state index is -3.04. The van der Waals surface area contributed by atoms with Gasteiger partial charge in [-0.2, -0.15) is 8.78 Å². The third kappa shape index (κ3) is 5.51. The first-order valence-electron chi connectivity index (χ1n) is 12.4. The van der Waals surface area contributed by atoms with Gasteiger partial charge in [0, 0.05) is 59.5 Å². The van der Waals surface area contributed by atoms with Crippen molar-refractivity contribution in [2.75, 3.05) is 25.7 Å². The van der Waals surface area contributed by atoms with Crippen LogP contribution >= 0.6 is 0 Å². The average Bonchev–Trinajstić information content (AvgIpc) is 3.74. The molecule has 1 aliphatic heterocycles. The first-order valence-corrected chi connectivity index (χ1v) is 12.4. The summed E-state index contributed by atoms with van der Waals surface area (Å²) >= 11 is 0. The number of methoxy groups -OCH3 is 2. The molecule has 1 aromatic heterocycles. The normalized spacial score (nSPS) is 18.7. The predicted molar refractivity (Wildman–Crippen MR) is 135 cm³/mol. The van der Waals surface area contributed by atoms with Crippen LogP contribution in [0.1, 0.15) is 46.3 Å². The second-order valence-electron chi connectivity index (χ2n) is 9.48. The monoisotopic (exact) mass is 559 g/mol. The minimum Gasteiger partial charge on any atom is -0.497 e. The Morgan fingerprint density at radius 2 is 1.60 bits per heavy atom. The molecule has 2 aromatic carbocycles. The van der Waals surface area contributed by atoms with Crippen LogP contribution in [0.25, 0.3) is 0 Å². The van der Waals surface area contributed by atoms with Crippen LogP contribution in [0.3, 0.4) is 0 Å². The van der Waals surface area contributed by atoms with E-state index >= 15 is 8.78 Å². The van der Waals surface area contributed by atoms with E-state index in [9.17, 15) is 18.4 Å². The number of pyridine rings is 1. The highest BCUT2D eigenvalue weighted by atomic mass is 19.3. The molecule has 8 nitrogen and oxygen atoms in total. The Morgan fingerprint density at radius 3 is 2.17 bits per heavy atom. The van der Waals surface area contributed by atoms with Gasteiger partial charge in [0.1, 0.15) is 40.7 Å². The minimum absolute atomic E-state index is 0.0258. The lowest BCUT2D eigenvalue weighted by atomic mass is 9.92. The molecule has 12 heteroatoms. The molecule has 40 heavy (non-hydrogen) atoms. The highest BCUT2D eigenvalue weighted by molar-refractivity contribution is 6.04. The number of nitrogens with zero attached hydrogens (tertiary/aromatic N) is 2. The van der Waals surface area contributed by atoms with Crippen LogP contribution in [-0.2, 0) is 4.79 Å². The number of aromatic nitrogens is 1. The fourth-order valence-electron chi connectivity index (χ4n) is 4.76. The third-order valence-electron chi connectivity index (χ3n) is 6.91. The fraction of sp³-hybridized carbons (Fsp3) is 0.321. The maximum absolute atomic E-state index is 15.2. The smallest absolute Gasteiger partial charge is 0.387 e. The largest absolute Gasteiger partial charge is 0.497 e. The van der Waals surface area contributed by atoms with Crippen molar-refractivity contribution in [2.45, 2.75) is 37.3 Å². The van der Waals surface area contributed by atoms with Crippen LogP contribution in [0.2, 0.25) is 0 Å². The summed E-state index contributed by atoms with van der Waals surface area (Å²) in [6, 6.07) is 8.77. The number of halogens is 4. The summed E-state index contributed by atoms with van der Waals surface area (Å²) in [6.07, 6.45) is 1.89. The number of amides is 2. The van der Waals surface area contributed by atoms with Gasteiger partial charge in [-0.1, -0.05) is 0 Å². The Kier molecular flexibility index (Phi) is 7.51. The first-order chi connectivity index (χ1) is 19.2. The summed E-state index contributed by atoms with van der Waals surface area (Å²) in [4.78, 5) is 32.7. The maximum atomic E-state index is 15.2. The highest BCUT2D eigenvalue weighted by Crippen LogP contribution is 2.42.